The maximum atomic E-state index is 12.4. The van der Waals surface area contributed by atoms with Gasteiger partial charge in [0.2, 0.25) is 17.8 Å². The Labute approximate surface area is 128 Å². The van der Waals surface area contributed by atoms with Crippen molar-refractivity contribution >= 4 is 23.4 Å². The zero-order valence-electron chi connectivity index (χ0n) is 12.7. The number of likely N-dealkylation sites (tertiary alicyclic amines) is 1. The van der Waals surface area contributed by atoms with Gasteiger partial charge < -0.3 is 4.90 Å². The topological polar surface area (TPSA) is 79.6 Å². The monoisotopic (exact) mass is 301 g/mol. The molecule has 1 fully saturated rings. The van der Waals surface area contributed by atoms with Gasteiger partial charge in [0.15, 0.2) is 5.65 Å². The van der Waals surface area contributed by atoms with Gasteiger partial charge in [-0.3, -0.25) is 19.3 Å². The van der Waals surface area contributed by atoms with Crippen molar-refractivity contribution in [2.24, 2.45) is 11.8 Å². The van der Waals surface area contributed by atoms with Crippen LogP contribution >= 0.6 is 0 Å². The van der Waals surface area contributed by atoms with Crippen molar-refractivity contribution < 1.29 is 9.59 Å². The Balaban J connectivity index is 1.69. The van der Waals surface area contributed by atoms with Crippen LogP contribution in [0.4, 0.5) is 5.95 Å². The van der Waals surface area contributed by atoms with Crippen molar-refractivity contribution in [1.29, 1.82) is 0 Å². The Morgan fingerprint density at radius 3 is 3.00 bits per heavy atom. The number of carbonyl (C=O) groups is 2. The molecular formula is C15H19N5O2. The molecule has 1 N–H and O–H groups in total. The number of amides is 2. The molecule has 22 heavy (non-hydrogen) atoms. The maximum Gasteiger partial charge on any atom is 0.235 e. The SMILES string of the molecule is CC(C)CN1CC(C(=O)Nc2nnc3ccccn23)CC1=O. The van der Waals surface area contributed by atoms with Gasteiger partial charge in [-0.25, -0.2) is 0 Å². The fraction of sp³-hybridized carbons (Fsp3) is 0.467. The third kappa shape index (κ3) is 2.79. The molecule has 1 unspecified atom stereocenters. The molecule has 3 rings (SSSR count). The fourth-order valence-electron chi connectivity index (χ4n) is 2.70. The van der Waals surface area contributed by atoms with Crippen LogP contribution in [0.2, 0.25) is 0 Å². The summed E-state index contributed by atoms with van der Waals surface area (Å²) in [5.41, 5.74) is 0.668. The predicted molar refractivity (Wildman–Crippen MR) is 81.1 cm³/mol. The minimum atomic E-state index is -0.331. The number of hydrogen-bond donors (Lipinski definition) is 1. The van der Waals surface area contributed by atoms with Gasteiger partial charge in [-0.2, -0.15) is 0 Å². The Hall–Kier alpha value is -2.44. The summed E-state index contributed by atoms with van der Waals surface area (Å²) in [5.74, 6) is 0.307. The summed E-state index contributed by atoms with van der Waals surface area (Å²) >= 11 is 0. The van der Waals surface area contributed by atoms with Crippen molar-refractivity contribution in [2.75, 3.05) is 18.4 Å². The summed E-state index contributed by atoms with van der Waals surface area (Å²) in [5, 5.41) is 10.7. The van der Waals surface area contributed by atoms with E-state index in [2.05, 4.69) is 29.4 Å². The third-order valence-corrected chi connectivity index (χ3v) is 3.72. The maximum absolute atomic E-state index is 12.4. The second kappa shape index (κ2) is 5.75. The molecular weight excluding hydrogens is 282 g/mol. The average molecular weight is 301 g/mol. The van der Waals surface area contributed by atoms with E-state index in [0.717, 1.165) is 0 Å². The zero-order chi connectivity index (χ0) is 15.7. The molecule has 0 bridgehead atoms. The van der Waals surface area contributed by atoms with Crippen molar-refractivity contribution in [3.63, 3.8) is 0 Å². The van der Waals surface area contributed by atoms with Gasteiger partial charge >= 0.3 is 0 Å². The van der Waals surface area contributed by atoms with E-state index in [4.69, 9.17) is 0 Å². The first-order valence-corrected chi connectivity index (χ1v) is 7.43. The number of nitrogens with one attached hydrogen (secondary N) is 1. The van der Waals surface area contributed by atoms with Gasteiger partial charge in [-0.1, -0.05) is 19.9 Å². The van der Waals surface area contributed by atoms with E-state index in [0.29, 0.717) is 30.6 Å². The first-order chi connectivity index (χ1) is 10.5. The highest BCUT2D eigenvalue weighted by atomic mass is 16.2. The van der Waals surface area contributed by atoms with Gasteiger partial charge in [0.1, 0.15) is 0 Å². The van der Waals surface area contributed by atoms with E-state index in [9.17, 15) is 9.59 Å². The lowest BCUT2D eigenvalue weighted by Crippen LogP contribution is -2.31. The van der Waals surface area contributed by atoms with Crippen LogP contribution in [0.5, 0.6) is 0 Å². The van der Waals surface area contributed by atoms with Crippen molar-refractivity contribution in [3.8, 4) is 0 Å². The molecule has 0 saturated carbocycles. The number of anilines is 1. The molecule has 1 saturated heterocycles. The number of carbonyl (C=O) groups excluding carboxylic acids is 2. The molecule has 3 heterocycles. The Morgan fingerprint density at radius 1 is 1.41 bits per heavy atom. The van der Waals surface area contributed by atoms with Gasteiger partial charge in [0.05, 0.1) is 5.92 Å². The van der Waals surface area contributed by atoms with Crippen LogP contribution in [-0.4, -0.2) is 44.4 Å². The predicted octanol–water partition coefficient (Wildman–Crippen LogP) is 1.17. The molecule has 2 aromatic heterocycles. The molecule has 2 aromatic rings. The molecule has 1 aliphatic heterocycles. The van der Waals surface area contributed by atoms with E-state index in [1.165, 1.54) is 0 Å². The molecule has 7 nitrogen and oxygen atoms in total. The molecule has 1 aliphatic rings. The number of nitrogens with zero attached hydrogens (tertiary/aromatic N) is 4. The lowest BCUT2D eigenvalue weighted by molar-refractivity contribution is -0.128. The molecule has 0 aliphatic carbocycles. The molecule has 7 heteroatoms. The molecule has 0 radical (unpaired) electrons. The van der Waals surface area contributed by atoms with Crippen LogP contribution in [0.15, 0.2) is 24.4 Å². The van der Waals surface area contributed by atoms with E-state index in [-0.39, 0.29) is 24.2 Å². The quantitative estimate of drug-likeness (QED) is 0.919. The summed E-state index contributed by atoms with van der Waals surface area (Å²) in [6.45, 7) is 5.28. The number of hydrogen-bond acceptors (Lipinski definition) is 4. The number of fused-ring (bicyclic) bond motifs is 1. The lowest BCUT2D eigenvalue weighted by Gasteiger charge is -2.18. The minimum absolute atomic E-state index is 0.0416. The fourth-order valence-corrected chi connectivity index (χ4v) is 2.70. The third-order valence-electron chi connectivity index (χ3n) is 3.72. The number of pyridine rings is 1. The minimum Gasteiger partial charge on any atom is -0.342 e. The zero-order valence-corrected chi connectivity index (χ0v) is 12.7. The Kier molecular flexibility index (Phi) is 3.79. The van der Waals surface area contributed by atoms with Gasteiger partial charge in [0, 0.05) is 25.7 Å². The normalized spacial score (nSPS) is 18.4. The summed E-state index contributed by atoms with van der Waals surface area (Å²) in [6.07, 6.45) is 2.05. The summed E-state index contributed by atoms with van der Waals surface area (Å²) < 4.78 is 1.71. The van der Waals surface area contributed by atoms with Crippen molar-refractivity contribution in [1.82, 2.24) is 19.5 Å². The van der Waals surface area contributed by atoms with E-state index < -0.39 is 0 Å². The van der Waals surface area contributed by atoms with Gasteiger partial charge in [-0.05, 0) is 18.1 Å². The van der Waals surface area contributed by atoms with Crippen LogP contribution in [-0.2, 0) is 9.59 Å². The Bertz CT molecular complexity index is 709. The molecule has 2 amide bonds. The second-order valence-electron chi connectivity index (χ2n) is 6.04. The van der Waals surface area contributed by atoms with Crippen LogP contribution in [0.3, 0.4) is 0 Å². The van der Waals surface area contributed by atoms with E-state index >= 15 is 0 Å². The smallest absolute Gasteiger partial charge is 0.235 e. The number of rotatable bonds is 4. The largest absolute Gasteiger partial charge is 0.342 e. The van der Waals surface area contributed by atoms with E-state index in [1.54, 1.807) is 15.5 Å². The highest BCUT2D eigenvalue weighted by Gasteiger charge is 2.34. The lowest BCUT2D eigenvalue weighted by atomic mass is 10.1. The highest BCUT2D eigenvalue weighted by Crippen LogP contribution is 2.20. The van der Waals surface area contributed by atoms with Gasteiger partial charge in [-0.15, -0.1) is 10.2 Å². The first kappa shape index (κ1) is 14.5. The van der Waals surface area contributed by atoms with Crippen molar-refractivity contribution in [2.45, 2.75) is 20.3 Å². The highest BCUT2D eigenvalue weighted by molar-refractivity contribution is 5.96. The summed E-state index contributed by atoms with van der Waals surface area (Å²) in [6, 6.07) is 5.51. The van der Waals surface area contributed by atoms with Crippen LogP contribution in [0, 0.1) is 11.8 Å². The standard InChI is InChI=1S/C15H19N5O2/c1-10(2)8-19-9-11(7-13(19)21)14(22)16-15-18-17-12-5-3-4-6-20(12)15/h3-6,10-11H,7-9H2,1-2H3,(H,16,18,22). The van der Waals surface area contributed by atoms with Crippen LogP contribution < -0.4 is 5.32 Å². The van der Waals surface area contributed by atoms with E-state index in [1.807, 2.05) is 18.2 Å². The summed E-state index contributed by atoms with van der Waals surface area (Å²) in [7, 11) is 0. The summed E-state index contributed by atoms with van der Waals surface area (Å²) in [4.78, 5) is 26.1. The average Bonchev–Trinajstić information content (AvgIpc) is 3.04. The van der Waals surface area contributed by atoms with Crippen molar-refractivity contribution in [3.05, 3.63) is 24.4 Å². The molecule has 0 spiro atoms. The molecule has 1 atom stereocenters. The van der Waals surface area contributed by atoms with Gasteiger partial charge in [0.25, 0.3) is 0 Å². The Morgan fingerprint density at radius 2 is 2.23 bits per heavy atom. The molecule has 0 aromatic carbocycles. The second-order valence-corrected chi connectivity index (χ2v) is 6.04. The van der Waals surface area contributed by atoms with Crippen LogP contribution in [0.25, 0.3) is 5.65 Å². The first-order valence-electron chi connectivity index (χ1n) is 7.43. The number of aromatic nitrogens is 3. The van der Waals surface area contributed by atoms with Crippen LogP contribution in [0.1, 0.15) is 20.3 Å². The molecule has 116 valence electrons.